The lowest BCUT2D eigenvalue weighted by atomic mass is 10.3. The Labute approximate surface area is 93.1 Å². The Morgan fingerprint density at radius 1 is 1.62 bits per heavy atom. The average Bonchev–Trinajstić information content (AvgIpc) is 2.88. The molecule has 0 atom stereocenters. The summed E-state index contributed by atoms with van der Waals surface area (Å²) >= 11 is 0. The number of hydrogen-bond acceptors (Lipinski definition) is 3. The quantitative estimate of drug-likeness (QED) is 0.830. The topological polar surface area (TPSA) is 60.1 Å². The predicted molar refractivity (Wildman–Crippen MR) is 57.5 cm³/mol. The molecule has 2 rings (SSSR count). The number of aryl methyl sites for hydroxylation is 1. The highest BCUT2D eigenvalue weighted by molar-refractivity contribution is 5.77. The summed E-state index contributed by atoms with van der Waals surface area (Å²) in [5, 5.41) is 2.76. The van der Waals surface area contributed by atoms with Gasteiger partial charge in [-0.3, -0.25) is 4.79 Å². The zero-order valence-electron chi connectivity index (χ0n) is 9.01. The largest absolute Gasteiger partial charge is 0.467 e. The number of rotatable bonds is 4. The van der Waals surface area contributed by atoms with Crippen LogP contribution in [-0.4, -0.2) is 15.5 Å². The molecule has 0 unspecified atom stereocenters. The maximum absolute atomic E-state index is 11.6. The van der Waals surface area contributed by atoms with Gasteiger partial charge in [0, 0.05) is 19.4 Å². The van der Waals surface area contributed by atoms with Crippen LogP contribution in [0.5, 0.6) is 0 Å². The van der Waals surface area contributed by atoms with Crippen molar-refractivity contribution in [3.8, 4) is 0 Å². The first-order valence-corrected chi connectivity index (χ1v) is 5.01. The number of amides is 1. The second kappa shape index (κ2) is 4.65. The Morgan fingerprint density at radius 2 is 2.50 bits per heavy atom. The van der Waals surface area contributed by atoms with Gasteiger partial charge in [-0.15, -0.1) is 0 Å². The van der Waals surface area contributed by atoms with Gasteiger partial charge >= 0.3 is 0 Å². The molecule has 0 aliphatic rings. The molecule has 1 amide bonds. The Balaban J connectivity index is 1.83. The molecule has 2 aromatic heterocycles. The van der Waals surface area contributed by atoms with Gasteiger partial charge in [-0.05, 0) is 12.1 Å². The van der Waals surface area contributed by atoms with Gasteiger partial charge in [0.05, 0.1) is 19.2 Å². The van der Waals surface area contributed by atoms with Crippen molar-refractivity contribution >= 4 is 5.91 Å². The fourth-order valence-corrected chi connectivity index (χ4v) is 1.37. The van der Waals surface area contributed by atoms with Crippen LogP contribution in [0.15, 0.2) is 35.2 Å². The minimum absolute atomic E-state index is 0.0642. The highest BCUT2D eigenvalue weighted by Crippen LogP contribution is 1.99. The van der Waals surface area contributed by atoms with Crippen molar-refractivity contribution in [1.29, 1.82) is 0 Å². The Morgan fingerprint density at radius 3 is 3.12 bits per heavy atom. The van der Waals surface area contributed by atoms with E-state index in [1.54, 1.807) is 18.5 Å². The van der Waals surface area contributed by atoms with Crippen LogP contribution in [0.4, 0.5) is 0 Å². The minimum atomic E-state index is -0.0642. The molecule has 0 bridgehead atoms. The van der Waals surface area contributed by atoms with Gasteiger partial charge in [-0.1, -0.05) is 0 Å². The van der Waals surface area contributed by atoms with E-state index >= 15 is 0 Å². The van der Waals surface area contributed by atoms with Crippen LogP contribution in [0.1, 0.15) is 11.6 Å². The molecule has 5 heteroatoms. The summed E-state index contributed by atoms with van der Waals surface area (Å²) in [4.78, 5) is 15.6. The third-order valence-electron chi connectivity index (χ3n) is 2.28. The SMILES string of the molecule is Cn1ccnc1CC(=O)NCc1ccco1. The minimum Gasteiger partial charge on any atom is -0.467 e. The number of imidazole rings is 1. The van der Waals surface area contributed by atoms with Crippen molar-refractivity contribution in [3.05, 3.63) is 42.4 Å². The number of carbonyl (C=O) groups is 1. The van der Waals surface area contributed by atoms with E-state index in [4.69, 9.17) is 4.42 Å². The molecule has 5 nitrogen and oxygen atoms in total. The van der Waals surface area contributed by atoms with Gasteiger partial charge in [0.15, 0.2) is 0 Å². The molecule has 0 fully saturated rings. The van der Waals surface area contributed by atoms with E-state index in [1.807, 2.05) is 23.9 Å². The van der Waals surface area contributed by atoms with Crippen molar-refractivity contribution in [2.24, 2.45) is 7.05 Å². The lowest BCUT2D eigenvalue weighted by Gasteiger charge is -2.03. The maximum atomic E-state index is 11.6. The van der Waals surface area contributed by atoms with Crippen LogP contribution >= 0.6 is 0 Å². The average molecular weight is 219 g/mol. The molecule has 0 saturated heterocycles. The third-order valence-corrected chi connectivity index (χ3v) is 2.28. The van der Waals surface area contributed by atoms with E-state index in [-0.39, 0.29) is 12.3 Å². The Kier molecular flexibility index (Phi) is 3.05. The molecule has 84 valence electrons. The second-order valence-electron chi connectivity index (χ2n) is 3.49. The number of furan rings is 1. The number of aromatic nitrogens is 2. The third kappa shape index (κ3) is 2.50. The van der Waals surface area contributed by atoms with E-state index in [9.17, 15) is 4.79 Å². The maximum Gasteiger partial charge on any atom is 0.227 e. The summed E-state index contributed by atoms with van der Waals surface area (Å²) < 4.78 is 6.93. The van der Waals surface area contributed by atoms with E-state index in [0.29, 0.717) is 6.54 Å². The number of carbonyl (C=O) groups excluding carboxylic acids is 1. The number of hydrogen-bond donors (Lipinski definition) is 1. The van der Waals surface area contributed by atoms with Crippen molar-refractivity contribution in [2.45, 2.75) is 13.0 Å². The van der Waals surface area contributed by atoms with Gasteiger partial charge in [0.2, 0.25) is 5.91 Å². The van der Waals surface area contributed by atoms with Gasteiger partial charge in [0.1, 0.15) is 11.6 Å². The summed E-state index contributed by atoms with van der Waals surface area (Å²) in [5.41, 5.74) is 0. The zero-order valence-corrected chi connectivity index (χ0v) is 9.01. The molecule has 1 N–H and O–H groups in total. The van der Waals surface area contributed by atoms with Crippen molar-refractivity contribution in [1.82, 2.24) is 14.9 Å². The van der Waals surface area contributed by atoms with Crippen LogP contribution < -0.4 is 5.32 Å². The molecular formula is C11H13N3O2. The zero-order chi connectivity index (χ0) is 11.4. The van der Waals surface area contributed by atoms with Gasteiger partial charge in [-0.25, -0.2) is 4.98 Å². The summed E-state index contributed by atoms with van der Waals surface area (Å²) in [5.74, 6) is 1.43. The monoisotopic (exact) mass is 219 g/mol. The standard InChI is InChI=1S/C11H13N3O2/c1-14-5-4-12-10(14)7-11(15)13-8-9-3-2-6-16-9/h2-6H,7-8H2,1H3,(H,13,15). The molecule has 2 heterocycles. The molecule has 0 aromatic carbocycles. The van der Waals surface area contributed by atoms with Crippen LogP contribution in [0.2, 0.25) is 0 Å². The second-order valence-corrected chi connectivity index (χ2v) is 3.49. The highest BCUT2D eigenvalue weighted by Gasteiger charge is 2.07. The van der Waals surface area contributed by atoms with E-state index < -0.39 is 0 Å². The van der Waals surface area contributed by atoms with Crippen molar-refractivity contribution < 1.29 is 9.21 Å². The van der Waals surface area contributed by atoms with E-state index in [2.05, 4.69) is 10.3 Å². The molecule has 16 heavy (non-hydrogen) atoms. The highest BCUT2D eigenvalue weighted by atomic mass is 16.3. The number of nitrogens with one attached hydrogen (secondary N) is 1. The Hall–Kier alpha value is -2.04. The van der Waals surface area contributed by atoms with Crippen molar-refractivity contribution in [3.63, 3.8) is 0 Å². The van der Waals surface area contributed by atoms with Crippen LogP contribution in [0.25, 0.3) is 0 Å². The Bertz CT molecular complexity index is 459. The molecule has 2 aromatic rings. The van der Waals surface area contributed by atoms with Crippen LogP contribution in [0, 0.1) is 0 Å². The first kappa shape index (κ1) is 10.5. The van der Waals surface area contributed by atoms with E-state index in [1.165, 1.54) is 0 Å². The summed E-state index contributed by atoms with van der Waals surface area (Å²) in [6, 6.07) is 3.61. The van der Waals surface area contributed by atoms with Gasteiger partial charge in [-0.2, -0.15) is 0 Å². The normalized spacial score (nSPS) is 10.3. The first-order valence-electron chi connectivity index (χ1n) is 5.01. The van der Waals surface area contributed by atoms with Crippen LogP contribution in [0.3, 0.4) is 0 Å². The van der Waals surface area contributed by atoms with Crippen LogP contribution in [-0.2, 0) is 24.8 Å². The summed E-state index contributed by atoms with van der Waals surface area (Å²) in [7, 11) is 1.86. The summed E-state index contributed by atoms with van der Waals surface area (Å²) in [6.07, 6.45) is 5.36. The van der Waals surface area contributed by atoms with Crippen molar-refractivity contribution in [2.75, 3.05) is 0 Å². The molecule has 0 spiro atoms. The smallest absolute Gasteiger partial charge is 0.227 e. The fraction of sp³-hybridized carbons (Fsp3) is 0.273. The fourth-order valence-electron chi connectivity index (χ4n) is 1.37. The number of nitrogens with zero attached hydrogens (tertiary/aromatic N) is 2. The molecule has 0 radical (unpaired) electrons. The lowest BCUT2D eigenvalue weighted by Crippen LogP contribution is -2.25. The van der Waals surface area contributed by atoms with Gasteiger partial charge in [0.25, 0.3) is 0 Å². The molecular weight excluding hydrogens is 206 g/mol. The molecule has 0 aliphatic heterocycles. The predicted octanol–water partition coefficient (Wildman–Crippen LogP) is 0.872. The van der Waals surface area contributed by atoms with Gasteiger partial charge < -0.3 is 14.3 Å². The lowest BCUT2D eigenvalue weighted by molar-refractivity contribution is -0.120. The first-order chi connectivity index (χ1) is 7.75. The van der Waals surface area contributed by atoms with E-state index in [0.717, 1.165) is 11.6 Å². The molecule has 0 aliphatic carbocycles. The summed E-state index contributed by atoms with van der Waals surface area (Å²) in [6.45, 7) is 0.413. The molecule has 0 saturated carbocycles.